The van der Waals surface area contributed by atoms with Crippen molar-refractivity contribution in [3.8, 4) is 0 Å². The second-order valence-electron chi connectivity index (χ2n) is 5.65. The van der Waals surface area contributed by atoms with Gasteiger partial charge in [-0.25, -0.2) is 0 Å². The average molecular weight is 246 g/mol. The van der Waals surface area contributed by atoms with Gasteiger partial charge in [0.1, 0.15) is 0 Å². The summed E-state index contributed by atoms with van der Waals surface area (Å²) in [6.45, 7) is 6.91. The minimum atomic E-state index is 0.746. The van der Waals surface area contributed by atoms with Gasteiger partial charge < -0.3 is 10.6 Å². The molecule has 1 aliphatic heterocycles. The van der Waals surface area contributed by atoms with Crippen molar-refractivity contribution in [2.24, 2.45) is 17.6 Å². The Balaban J connectivity index is 1.69. The predicted octanol–water partition coefficient (Wildman–Crippen LogP) is 2.54. The summed E-state index contributed by atoms with van der Waals surface area (Å²) in [7, 11) is 0. The van der Waals surface area contributed by atoms with Gasteiger partial charge in [0, 0.05) is 6.54 Å². The van der Waals surface area contributed by atoms with E-state index in [4.69, 9.17) is 5.73 Å². The molecule has 0 saturated carbocycles. The number of rotatable bonds is 5. The van der Waals surface area contributed by atoms with Crippen LogP contribution in [0.3, 0.4) is 0 Å². The van der Waals surface area contributed by atoms with Crippen LogP contribution in [-0.2, 0) is 6.42 Å². The van der Waals surface area contributed by atoms with Crippen molar-refractivity contribution in [2.75, 3.05) is 26.2 Å². The lowest BCUT2D eigenvalue weighted by molar-refractivity contribution is 0.132. The molecule has 18 heavy (non-hydrogen) atoms. The number of benzene rings is 1. The smallest absolute Gasteiger partial charge is 0.00102 e. The number of hydrogen-bond acceptors (Lipinski definition) is 2. The molecule has 1 saturated heterocycles. The molecule has 1 aliphatic rings. The van der Waals surface area contributed by atoms with E-state index in [1.807, 2.05) is 0 Å². The molecule has 2 N–H and O–H groups in total. The number of nitrogens with two attached hydrogens (primary N) is 1. The van der Waals surface area contributed by atoms with Gasteiger partial charge in [-0.2, -0.15) is 0 Å². The lowest BCUT2D eigenvalue weighted by atomic mass is 9.87. The molecule has 100 valence electrons. The Bertz CT molecular complexity index is 336. The Morgan fingerprint density at radius 2 is 2.06 bits per heavy atom. The third-order valence-corrected chi connectivity index (χ3v) is 4.25. The quantitative estimate of drug-likeness (QED) is 0.865. The topological polar surface area (TPSA) is 29.3 Å². The zero-order chi connectivity index (χ0) is 12.8. The van der Waals surface area contributed by atoms with Crippen molar-refractivity contribution in [3.05, 3.63) is 35.9 Å². The summed E-state index contributed by atoms with van der Waals surface area (Å²) in [5, 5.41) is 0. The molecule has 1 aromatic rings. The largest absolute Gasteiger partial charge is 0.330 e. The SMILES string of the molecule is CC1CN(CCCc2ccccc2)CCC1CN. The molecule has 0 spiro atoms. The van der Waals surface area contributed by atoms with Gasteiger partial charge in [0.15, 0.2) is 0 Å². The summed E-state index contributed by atoms with van der Waals surface area (Å²) in [5.74, 6) is 1.51. The Kier molecular flexibility index (Phi) is 5.21. The zero-order valence-electron chi connectivity index (χ0n) is 11.5. The van der Waals surface area contributed by atoms with E-state index >= 15 is 0 Å². The van der Waals surface area contributed by atoms with E-state index in [9.17, 15) is 0 Å². The van der Waals surface area contributed by atoms with Crippen molar-refractivity contribution < 1.29 is 0 Å². The first-order valence-corrected chi connectivity index (χ1v) is 7.26. The standard InChI is InChI=1S/C16H26N2/c1-14-13-18(11-9-16(14)12-17)10-5-8-15-6-3-2-4-7-15/h2-4,6-7,14,16H,5,8-13,17H2,1H3. The van der Waals surface area contributed by atoms with Crippen LogP contribution in [0.5, 0.6) is 0 Å². The minimum Gasteiger partial charge on any atom is -0.330 e. The summed E-state index contributed by atoms with van der Waals surface area (Å²) in [5.41, 5.74) is 7.26. The summed E-state index contributed by atoms with van der Waals surface area (Å²) in [4.78, 5) is 2.61. The fourth-order valence-corrected chi connectivity index (χ4v) is 2.99. The minimum absolute atomic E-state index is 0.746. The van der Waals surface area contributed by atoms with Crippen LogP contribution in [0.1, 0.15) is 25.3 Å². The molecule has 2 unspecified atom stereocenters. The number of nitrogens with zero attached hydrogens (tertiary/aromatic N) is 1. The van der Waals surface area contributed by atoms with Crippen LogP contribution in [0, 0.1) is 11.8 Å². The van der Waals surface area contributed by atoms with Gasteiger partial charge in [-0.15, -0.1) is 0 Å². The molecule has 1 heterocycles. The van der Waals surface area contributed by atoms with Gasteiger partial charge in [0.25, 0.3) is 0 Å². The van der Waals surface area contributed by atoms with E-state index in [-0.39, 0.29) is 0 Å². The fourth-order valence-electron chi connectivity index (χ4n) is 2.99. The maximum atomic E-state index is 5.80. The highest BCUT2D eigenvalue weighted by atomic mass is 15.1. The molecular formula is C16H26N2. The molecule has 1 fully saturated rings. The van der Waals surface area contributed by atoms with Crippen LogP contribution < -0.4 is 5.73 Å². The first kappa shape index (κ1) is 13.6. The third-order valence-electron chi connectivity index (χ3n) is 4.25. The molecule has 0 radical (unpaired) electrons. The zero-order valence-corrected chi connectivity index (χ0v) is 11.5. The maximum absolute atomic E-state index is 5.80. The van der Waals surface area contributed by atoms with E-state index in [1.165, 1.54) is 44.5 Å². The highest BCUT2D eigenvalue weighted by Crippen LogP contribution is 2.22. The summed E-state index contributed by atoms with van der Waals surface area (Å²) >= 11 is 0. The number of likely N-dealkylation sites (tertiary alicyclic amines) is 1. The molecule has 2 heteroatoms. The van der Waals surface area contributed by atoms with Crippen molar-refractivity contribution in [2.45, 2.75) is 26.2 Å². The van der Waals surface area contributed by atoms with Gasteiger partial charge in [-0.05, 0) is 56.3 Å². The van der Waals surface area contributed by atoms with Crippen molar-refractivity contribution in [3.63, 3.8) is 0 Å². The number of aryl methyl sites for hydroxylation is 1. The van der Waals surface area contributed by atoms with E-state index < -0.39 is 0 Å². The Hall–Kier alpha value is -0.860. The van der Waals surface area contributed by atoms with Crippen LogP contribution >= 0.6 is 0 Å². The average Bonchev–Trinajstić information content (AvgIpc) is 2.40. The normalized spacial score (nSPS) is 25.2. The van der Waals surface area contributed by atoms with E-state index in [2.05, 4.69) is 42.2 Å². The Morgan fingerprint density at radius 1 is 1.28 bits per heavy atom. The van der Waals surface area contributed by atoms with Gasteiger partial charge in [0.2, 0.25) is 0 Å². The van der Waals surface area contributed by atoms with E-state index in [0.717, 1.165) is 18.4 Å². The first-order chi connectivity index (χ1) is 8.79. The highest BCUT2D eigenvalue weighted by Gasteiger charge is 2.24. The maximum Gasteiger partial charge on any atom is 0.00102 e. The van der Waals surface area contributed by atoms with Crippen molar-refractivity contribution in [1.82, 2.24) is 4.90 Å². The summed E-state index contributed by atoms with van der Waals surface area (Å²) in [6.07, 6.45) is 3.75. The van der Waals surface area contributed by atoms with Crippen LogP contribution in [0.2, 0.25) is 0 Å². The first-order valence-electron chi connectivity index (χ1n) is 7.26. The molecule has 0 bridgehead atoms. The van der Waals surface area contributed by atoms with Crippen LogP contribution in [0.15, 0.2) is 30.3 Å². The van der Waals surface area contributed by atoms with Crippen molar-refractivity contribution in [1.29, 1.82) is 0 Å². The monoisotopic (exact) mass is 246 g/mol. The van der Waals surface area contributed by atoms with Crippen molar-refractivity contribution >= 4 is 0 Å². The third kappa shape index (κ3) is 3.82. The Morgan fingerprint density at radius 3 is 2.72 bits per heavy atom. The molecule has 1 aromatic carbocycles. The molecule has 0 aliphatic carbocycles. The second kappa shape index (κ2) is 6.91. The molecule has 0 aromatic heterocycles. The van der Waals surface area contributed by atoms with Crippen LogP contribution in [-0.4, -0.2) is 31.1 Å². The second-order valence-corrected chi connectivity index (χ2v) is 5.65. The van der Waals surface area contributed by atoms with E-state index in [0.29, 0.717) is 0 Å². The summed E-state index contributed by atoms with van der Waals surface area (Å²) < 4.78 is 0. The lowest BCUT2D eigenvalue weighted by Crippen LogP contribution is -2.42. The van der Waals surface area contributed by atoms with Gasteiger partial charge in [0.05, 0.1) is 0 Å². The molecule has 2 rings (SSSR count). The van der Waals surface area contributed by atoms with Crippen LogP contribution in [0.25, 0.3) is 0 Å². The summed E-state index contributed by atoms with van der Waals surface area (Å²) in [6, 6.07) is 10.8. The number of hydrogen-bond donors (Lipinski definition) is 1. The van der Waals surface area contributed by atoms with Gasteiger partial charge >= 0.3 is 0 Å². The molecular weight excluding hydrogens is 220 g/mol. The molecule has 0 amide bonds. The highest BCUT2D eigenvalue weighted by molar-refractivity contribution is 5.14. The van der Waals surface area contributed by atoms with Crippen LogP contribution in [0.4, 0.5) is 0 Å². The lowest BCUT2D eigenvalue weighted by Gasteiger charge is -2.36. The number of piperidine rings is 1. The Labute approximate surface area is 111 Å². The van der Waals surface area contributed by atoms with Gasteiger partial charge in [-0.1, -0.05) is 37.3 Å². The molecule has 2 nitrogen and oxygen atoms in total. The fraction of sp³-hybridized carbons (Fsp3) is 0.625. The predicted molar refractivity (Wildman–Crippen MR) is 77.5 cm³/mol. The van der Waals surface area contributed by atoms with E-state index in [1.54, 1.807) is 0 Å². The van der Waals surface area contributed by atoms with Gasteiger partial charge in [-0.3, -0.25) is 0 Å². The molecule has 2 atom stereocenters.